The zero-order valence-electron chi connectivity index (χ0n) is 14.3. The molecule has 1 amide bonds. The van der Waals surface area contributed by atoms with Gasteiger partial charge in [0.25, 0.3) is 5.91 Å². The van der Waals surface area contributed by atoms with E-state index in [1.54, 1.807) is 0 Å². The number of methoxy groups -OCH3 is 3. The summed E-state index contributed by atoms with van der Waals surface area (Å²) in [4.78, 5) is 35.8. The molecule has 0 unspecified atom stereocenters. The number of benzene rings is 2. The second-order valence-electron chi connectivity index (χ2n) is 5.09. The maximum absolute atomic E-state index is 13.8. The molecule has 0 radical (unpaired) electrons. The molecule has 8 heteroatoms. The molecule has 1 N–H and O–H groups in total. The quantitative estimate of drug-likeness (QED) is 0.824. The molecule has 0 saturated heterocycles. The largest absolute Gasteiger partial charge is 0.494 e. The van der Waals surface area contributed by atoms with Crippen LogP contribution in [-0.2, 0) is 9.47 Å². The normalized spacial score (nSPS) is 10.0. The van der Waals surface area contributed by atoms with Gasteiger partial charge in [-0.3, -0.25) is 4.79 Å². The lowest BCUT2D eigenvalue weighted by molar-refractivity contribution is 0.0599. The Labute approximate surface area is 148 Å². The van der Waals surface area contributed by atoms with Crippen LogP contribution in [0.4, 0.5) is 10.1 Å². The number of hydrogen-bond donors (Lipinski definition) is 1. The van der Waals surface area contributed by atoms with Gasteiger partial charge in [0, 0.05) is 11.3 Å². The molecule has 2 rings (SSSR count). The fourth-order valence-corrected chi connectivity index (χ4v) is 2.18. The van der Waals surface area contributed by atoms with Gasteiger partial charge in [0.05, 0.1) is 32.5 Å². The van der Waals surface area contributed by atoms with Crippen LogP contribution >= 0.6 is 0 Å². The predicted molar refractivity (Wildman–Crippen MR) is 90.0 cm³/mol. The van der Waals surface area contributed by atoms with Crippen molar-refractivity contribution >= 4 is 23.5 Å². The molecule has 0 saturated carbocycles. The first-order valence-corrected chi connectivity index (χ1v) is 7.36. The number of carbonyl (C=O) groups excluding carboxylic acids is 3. The van der Waals surface area contributed by atoms with E-state index >= 15 is 0 Å². The molecule has 0 spiro atoms. The number of rotatable bonds is 5. The zero-order chi connectivity index (χ0) is 19.3. The summed E-state index contributed by atoms with van der Waals surface area (Å²) in [5, 5.41) is 2.50. The van der Waals surface area contributed by atoms with E-state index in [0.717, 1.165) is 6.07 Å². The van der Waals surface area contributed by atoms with Gasteiger partial charge in [-0.15, -0.1) is 0 Å². The molecule has 2 aromatic carbocycles. The van der Waals surface area contributed by atoms with E-state index in [9.17, 15) is 18.8 Å². The third-order valence-electron chi connectivity index (χ3n) is 3.45. The fraction of sp³-hybridized carbons (Fsp3) is 0.167. The number of nitrogens with one attached hydrogen (secondary N) is 1. The molecule has 0 aliphatic carbocycles. The van der Waals surface area contributed by atoms with E-state index in [2.05, 4.69) is 14.8 Å². The number of esters is 2. The fourth-order valence-electron chi connectivity index (χ4n) is 2.18. The molecule has 0 fully saturated rings. The summed E-state index contributed by atoms with van der Waals surface area (Å²) in [5.41, 5.74) is 0.277. The Bertz CT molecular complexity index is 831. The van der Waals surface area contributed by atoms with Crippen LogP contribution in [0.25, 0.3) is 0 Å². The lowest BCUT2D eigenvalue weighted by Gasteiger charge is -2.10. The predicted octanol–water partition coefficient (Wildman–Crippen LogP) is 2.66. The lowest BCUT2D eigenvalue weighted by Crippen LogP contribution is -2.14. The van der Waals surface area contributed by atoms with Crippen molar-refractivity contribution < 1.29 is 33.0 Å². The smallest absolute Gasteiger partial charge is 0.337 e. The highest BCUT2D eigenvalue weighted by Crippen LogP contribution is 2.20. The molecule has 0 aromatic heterocycles. The van der Waals surface area contributed by atoms with Crippen LogP contribution in [0.1, 0.15) is 31.1 Å². The van der Waals surface area contributed by atoms with E-state index in [1.807, 2.05) is 0 Å². The minimum Gasteiger partial charge on any atom is -0.494 e. The summed E-state index contributed by atoms with van der Waals surface area (Å²) < 4.78 is 27.8. The number of anilines is 1. The second kappa shape index (κ2) is 8.11. The van der Waals surface area contributed by atoms with Crippen LogP contribution in [-0.4, -0.2) is 39.2 Å². The second-order valence-corrected chi connectivity index (χ2v) is 5.09. The molecule has 0 bridgehead atoms. The number of amides is 1. The number of hydrogen-bond acceptors (Lipinski definition) is 6. The molecular weight excluding hydrogens is 345 g/mol. The monoisotopic (exact) mass is 361 g/mol. The Balaban J connectivity index is 2.35. The van der Waals surface area contributed by atoms with Crippen molar-refractivity contribution in [3.63, 3.8) is 0 Å². The van der Waals surface area contributed by atoms with Crippen molar-refractivity contribution in [1.82, 2.24) is 0 Å². The Hall–Kier alpha value is -3.42. The van der Waals surface area contributed by atoms with E-state index in [0.29, 0.717) is 0 Å². The van der Waals surface area contributed by atoms with Gasteiger partial charge in [0.1, 0.15) is 0 Å². The maximum Gasteiger partial charge on any atom is 0.337 e. The number of carbonyl (C=O) groups is 3. The minimum atomic E-state index is -0.696. The average molecular weight is 361 g/mol. The molecule has 0 aliphatic rings. The zero-order valence-corrected chi connectivity index (χ0v) is 14.3. The topological polar surface area (TPSA) is 90.9 Å². The molecule has 0 atom stereocenters. The van der Waals surface area contributed by atoms with Gasteiger partial charge in [-0.2, -0.15) is 0 Å². The molecular formula is C18H16FNO6. The first kappa shape index (κ1) is 18.9. The highest BCUT2D eigenvalue weighted by atomic mass is 19.1. The van der Waals surface area contributed by atoms with E-state index in [-0.39, 0.29) is 28.1 Å². The van der Waals surface area contributed by atoms with E-state index in [4.69, 9.17) is 4.74 Å². The van der Waals surface area contributed by atoms with Crippen molar-refractivity contribution in [2.24, 2.45) is 0 Å². The van der Waals surface area contributed by atoms with Crippen LogP contribution in [0.15, 0.2) is 36.4 Å². The Morgan fingerprint density at radius 1 is 0.846 bits per heavy atom. The van der Waals surface area contributed by atoms with Crippen molar-refractivity contribution in [3.8, 4) is 5.75 Å². The summed E-state index contributed by atoms with van der Waals surface area (Å²) >= 11 is 0. The number of halogens is 1. The van der Waals surface area contributed by atoms with Gasteiger partial charge >= 0.3 is 11.9 Å². The van der Waals surface area contributed by atoms with Gasteiger partial charge in [0.2, 0.25) is 0 Å². The van der Waals surface area contributed by atoms with Crippen molar-refractivity contribution in [2.45, 2.75) is 0 Å². The van der Waals surface area contributed by atoms with Crippen LogP contribution in [0, 0.1) is 5.82 Å². The van der Waals surface area contributed by atoms with Crippen molar-refractivity contribution in [2.75, 3.05) is 26.6 Å². The Morgan fingerprint density at radius 2 is 1.42 bits per heavy atom. The van der Waals surface area contributed by atoms with E-state index < -0.39 is 23.7 Å². The standard InChI is InChI=1S/C18H16FNO6/c1-24-15-5-4-10(9-14(15)19)16(21)20-13-7-11(17(22)25-2)6-12(8-13)18(23)26-3/h4-9H,1-3H3,(H,20,21). The summed E-state index contributed by atoms with van der Waals surface area (Å²) in [5.74, 6) is -2.71. The van der Waals surface area contributed by atoms with Gasteiger partial charge in [-0.05, 0) is 36.4 Å². The molecule has 0 heterocycles. The van der Waals surface area contributed by atoms with Crippen LogP contribution in [0.5, 0.6) is 5.75 Å². The van der Waals surface area contributed by atoms with Gasteiger partial charge < -0.3 is 19.5 Å². The third-order valence-corrected chi connectivity index (χ3v) is 3.45. The average Bonchev–Trinajstić information content (AvgIpc) is 2.66. The molecule has 136 valence electrons. The first-order valence-electron chi connectivity index (χ1n) is 7.36. The SMILES string of the molecule is COC(=O)c1cc(NC(=O)c2ccc(OC)c(F)c2)cc(C(=O)OC)c1. The first-order chi connectivity index (χ1) is 12.4. The highest BCUT2D eigenvalue weighted by Gasteiger charge is 2.16. The van der Waals surface area contributed by atoms with Crippen LogP contribution < -0.4 is 10.1 Å². The molecule has 2 aromatic rings. The van der Waals surface area contributed by atoms with E-state index in [1.165, 1.54) is 51.7 Å². The Kier molecular flexibility index (Phi) is 5.90. The summed E-state index contributed by atoms with van der Waals surface area (Å²) in [6.45, 7) is 0. The van der Waals surface area contributed by atoms with Gasteiger partial charge in [0.15, 0.2) is 11.6 Å². The summed E-state index contributed by atoms with van der Waals surface area (Å²) in [7, 11) is 3.68. The summed E-state index contributed by atoms with van der Waals surface area (Å²) in [6.07, 6.45) is 0. The van der Waals surface area contributed by atoms with Crippen molar-refractivity contribution in [1.29, 1.82) is 0 Å². The van der Waals surface area contributed by atoms with Crippen molar-refractivity contribution in [3.05, 3.63) is 58.9 Å². The molecule has 0 aliphatic heterocycles. The molecule has 26 heavy (non-hydrogen) atoms. The van der Waals surface area contributed by atoms with Gasteiger partial charge in [-0.25, -0.2) is 14.0 Å². The third kappa shape index (κ3) is 4.15. The Morgan fingerprint density at radius 3 is 1.88 bits per heavy atom. The summed E-state index contributed by atoms with van der Waals surface area (Å²) in [6, 6.07) is 7.64. The highest BCUT2D eigenvalue weighted by molar-refractivity contribution is 6.06. The molecule has 7 nitrogen and oxygen atoms in total. The van der Waals surface area contributed by atoms with Crippen LogP contribution in [0.2, 0.25) is 0 Å². The minimum absolute atomic E-state index is 0.00205. The number of ether oxygens (including phenoxy) is 3. The maximum atomic E-state index is 13.8. The lowest BCUT2D eigenvalue weighted by atomic mass is 10.1. The van der Waals surface area contributed by atoms with Gasteiger partial charge in [-0.1, -0.05) is 0 Å². The van der Waals surface area contributed by atoms with Crippen LogP contribution in [0.3, 0.4) is 0 Å².